The summed E-state index contributed by atoms with van der Waals surface area (Å²) >= 11 is 0. The highest BCUT2D eigenvalue weighted by Crippen LogP contribution is 2.30. The van der Waals surface area contributed by atoms with Gasteiger partial charge in [-0.3, -0.25) is 4.90 Å². The first-order valence-corrected chi connectivity index (χ1v) is 6.00. The van der Waals surface area contributed by atoms with E-state index in [1.54, 1.807) is 6.07 Å². The number of likely N-dealkylation sites (N-methyl/N-ethyl adjacent to an activating group) is 1. The Hall–Kier alpha value is -1.13. The Morgan fingerprint density at radius 1 is 1.53 bits per heavy atom. The van der Waals surface area contributed by atoms with Gasteiger partial charge in [0, 0.05) is 30.3 Å². The van der Waals surface area contributed by atoms with Crippen molar-refractivity contribution in [3.63, 3.8) is 0 Å². The molecule has 0 radical (unpaired) electrons. The average Bonchev–Trinajstić information content (AvgIpc) is 2.80. The van der Waals surface area contributed by atoms with Gasteiger partial charge in [0.05, 0.1) is 0 Å². The number of benzene rings is 1. The van der Waals surface area contributed by atoms with E-state index in [0.29, 0.717) is 6.04 Å². The predicted molar refractivity (Wildman–Crippen MR) is 65.5 cm³/mol. The van der Waals surface area contributed by atoms with Gasteiger partial charge in [-0.1, -0.05) is 6.07 Å². The molecule has 0 aliphatic carbocycles. The van der Waals surface area contributed by atoms with Crippen LogP contribution in [0.2, 0.25) is 0 Å². The lowest BCUT2D eigenvalue weighted by atomic mass is 10.0. The summed E-state index contributed by atoms with van der Waals surface area (Å²) in [7, 11) is 2.05. The molecular weight excluding hydrogens is 219 g/mol. The minimum Gasteiger partial charge on any atom is -0.508 e. The van der Waals surface area contributed by atoms with Crippen molar-refractivity contribution in [1.29, 1.82) is 0 Å². The normalized spacial score (nSPS) is 22.0. The SMILES string of the molecule is CC(c1ccc(F)cc1O)N(C)C1CCNC1. The van der Waals surface area contributed by atoms with Crippen LogP contribution in [-0.2, 0) is 0 Å². The molecule has 4 heteroatoms. The smallest absolute Gasteiger partial charge is 0.126 e. The fraction of sp³-hybridized carbons (Fsp3) is 0.538. The van der Waals surface area contributed by atoms with Crippen molar-refractivity contribution >= 4 is 0 Å². The summed E-state index contributed by atoms with van der Waals surface area (Å²) in [6, 6.07) is 4.79. The van der Waals surface area contributed by atoms with E-state index in [0.717, 1.165) is 25.1 Å². The van der Waals surface area contributed by atoms with Crippen molar-refractivity contribution in [2.24, 2.45) is 0 Å². The second kappa shape index (κ2) is 5.02. The second-order valence-corrected chi connectivity index (χ2v) is 4.69. The van der Waals surface area contributed by atoms with Crippen LogP contribution in [0, 0.1) is 5.82 Å². The number of phenols is 1. The van der Waals surface area contributed by atoms with Crippen LogP contribution in [0.25, 0.3) is 0 Å². The van der Waals surface area contributed by atoms with Crippen molar-refractivity contribution in [3.8, 4) is 5.75 Å². The molecule has 2 unspecified atom stereocenters. The Balaban J connectivity index is 2.15. The molecule has 1 aromatic rings. The maximum atomic E-state index is 12.9. The fourth-order valence-corrected chi connectivity index (χ4v) is 2.39. The highest BCUT2D eigenvalue weighted by Gasteiger charge is 2.25. The Kier molecular flexibility index (Phi) is 3.64. The van der Waals surface area contributed by atoms with Crippen LogP contribution in [0.15, 0.2) is 18.2 Å². The summed E-state index contributed by atoms with van der Waals surface area (Å²) in [4.78, 5) is 2.23. The maximum Gasteiger partial charge on any atom is 0.126 e. The van der Waals surface area contributed by atoms with Crippen molar-refractivity contribution in [1.82, 2.24) is 10.2 Å². The van der Waals surface area contributed by atoms with Gasteiger partial charge in [0.2, 0.25) is 0 Å². The number of nitrogens with one attached hydrogen (secondary N) is 1. The van der Waals surface area contributed by atoms with E-state index >= 15 is 0 Å². The molecule has 3 nitrogen and oxygen atoms in total. The molecule has 0 spiro atoms. The average molecular weight is 238 g/mol. The molecule has 2 N–H and O–H groups in total. The van der Waals surface area contributed by atoms with Gasteiger partial charge in [-0.2, -0.15) is 0 Å². The van der Waals surface area contributed by atoms with Crippen LogP contribution in [0.4, 0.5) is 4.39 Å². The summed E-state index contributed by atoms with van der Waals surface area (Å²) < 4.78 is 12.9. The molecule has 1 aromatic carbocycles. The second-order valence-electron chi connectivity index (χ2n) is 4.69. The first-order chi connectivity index (χ1) is 8.09. The van der Waals surface area contributed by atoms with Gasteiger partial charge in [0.15, 0.2) is 0 Å². The quantitative estimate of drug-likeness (QED) is 0.844. The highest BCUT2D eigenvalue weighted by molar-refractivity contribution is 5.35. The molecule has 1 heterocycles. The first-order valence-electron chi connectivity index (χ1n) is 6.00. The maximum absolute atomic E-state index is 12.9. The molecule has 0 bridgehead atoms. The molecule has 1 fully saturated rings. The van der Waals surface area contributed by atoms with E-state index in [4.69, 9.17) is 0 Å². The van der Waals surface area contributed by atoms with Gasteiger partial charge in [0.25, 0.3) is 0 Å². The zero-order valence-corrected chi connectivity index (χ0v) is 10.3. The molecule has 17 heavy (non-hydrogen) atoms. The topological polar surface area (TPSA) is 35.5 Å². The Labute approximate surface area is 101 Å². The molecule has 0 amide bonds. The molecule has 2 rings (SSSR count). The van der Waals surface area contributed by atoms with Crippen LogP contribution in [0.1, 0.15) is 24.9 Å². The van der Waals surface area contributed by atoms with E-state index in [2.05, 4.69) is 10.2 Å². The Bertz CT molecular complexity index is 391. The number of rotatable bonds is 3. The summed E-state index contributed by atoms with van der Waals surface area (Å²) in [5, 5.41) is 13.1. The monoisotopic (exact) mass is 238 g/mol. The molecule has 94 valence electrons. The lowest BCUT2D eigenvalue weighted by molar-refractivity contribution is 0.194. The van der Waals surface area contributed by atoms with E-state index in [9.17, 15) is 9.50 Å². The van der Waals surface area contributed by atoms with Gasteiger partial charge >= 0.3 is 0 Å². The lowest BCUT2D eigenvalue weighted by Crippen LogP contribution is -2.35. The third-order valence-electron chi connectivity index (χ3n) is 3.66. The van der Waals surface area contributed by atoms with Crippen LogP contribution in [0.5, 0.6) is 5.75 Å². The molecule has 1 aliphatic heterocycles. The van der Waals surface area contributed by atoms with Crippen LogP contribution in [0.3, 0.4) is 0 Å². The van der Waals surface area contributed by atoms with Gasteiger partial charge < -0.3 is 10.4 Å². The van der Waals surface area contributed by atoms with Crippen LogP contribution < -0.4 is 5.32 Å². The van der Waals surface area contributed by atoms with Crippen LogP contribution in [-0.4, -0.2) is 36.2 Å². The molecule has 0 saturated carbocycles. The van der Waals surface area contributed by atoms with Gasteiger partial charge in [-0.25, -0.2) is 4.39 Å². The number of hydrogen-bond acceptors (Lipinski definition) is 3. The first kappa shape index (κ1) is 12.3. The molecular formula is C13H19FN2O. The zero-order valence-electron chi connectivity index (χ0n) is 10.3. The standard InChI is InChI=1S/C13H19FN2O/c1-9(16(2)11-5-6-15-8-11)12-4-3-10(14)7-13(12)17/h3-4,7,9,11,15,17H,5-6,8H2,1-2H3. The molecule has 1 saturated heterocycles. The summed E-state index contributed by atoms with van der Waals surface area (Å²) in [6.45, 7) is 4.05. The number of halogens is 1. The fourth-order valence-electron chi connectivity index (χ4n) is 2.39. The molecule has 2 atom stereocenters. The van der Waals surface area contributed by atoms with E-state index in [-0.39, 0.29) is 11.8 Å². The van der Waals surface area contributed by atoms with E-state index < -0.39 is 5.82 Å². The molecule has 1 aliphatic rings. The lowest BCUT2D eigenvalue weighted by Gasteiger charge is -2.30. The van der Waals surface area contributed by atoms with E-state index in [1.165, 1.54) is 12.1 Å². The zero-order chi connectivity index (χ0) is 12.4. The largest absolute Gasteiger partial charge is 0.508 e. The minimum absolute atomic E-state index is 0.0373. The van der Waals surface area contributed by atoms with Crippen molar-refractivity contribution < 1.29 is 9.50 Å². The number of aromatic hydroxyl groups is 1. The van der Waals surface area contributed by atoms with Gasteiger partial charge in [-0.05, 0) is 33.0 Å². The number of hydrogen-bond donors (Lipinski definition) is 2. The molecule has 0 aromatic heterocycles. The predicted octanol–water partition coefficient (Wildman–Crippen LogP) is 1.89. The Morgan fingerprint density at radius 3 is 2.88 bits per heavy atom. The third kappa shape index (κ3) is 2.58. The van der Waals surface area contributed by atoms with Crippen molar-refractivity contribution in [2.75, 3.05) is 20.1 Å². The number of phenolic OH excluding ortho intramolecular Hbond substituents is 1. The Morgan fingerprint density at radius 2 is 2.29 bits per heavy atom. The van der Waals surface area contributed by atoms with E-state index in [1.807, 2.05) is 14.0 Å². The summed E-state index contributed by atoms with van der Waals surface area (Å²) in [6.07, 6.45) is 1.11. The summed E-state index contributed by atoms with van der Waals surface area (Å²) in [5.74, 6) is -0.362. The minimum atomic E-state index is -0.399. The third-order valence-corrected chi connectivity index (χ3v) is 3.66. The number of nitrogens with zero attached hydrogens (tertiary/aromatic N) is 1. The van der Waals surface area contributed by atoms with Crippen LogP contribution >= 0.6 is 0 Å². The van der Waals surface area contributed by atoms with Crippen molar-refractivity contribution in [2.45, 2.75) is 25.4 Å². The summed E-state index contributed by atoms with van der Waals surface area (Å²) in [5.41, 5.74) is 0.779. The highest BCUT2D eigenvalue weighted by atomic mass is 19.1. The van der Waals surface area contributed by atoms with Gasteiger partial charge in [0.1, 0.15) is 11.6 Å². The van der Waals surface area contributed by atoms with Crippen molar-refractivity contribution in [3.05, 3.63) is 29.6 Å². The van der Waals surface area contributed by atoms with Gasteiger partial charge in [-0.15, -0.1) is 0 Å².